The van der Waals surface area contributed by atoms with Crippen molar-refractivity contribution in [3.05, 3.63) is 60.7 Å². The Bertz CT molecular complexity index is 608. The van der Waals surface area contributed by atoms with E-state index < -0.39 is 52.6 Å². The van der Waals surface area contributed by atoms with Crippen molar-refractivity contribution < 1.29 is 18.3 Å². The molecule has 2 atom stereocenters. The van der Waals surface area contributed by atoms with E-state index in [4.69, 9.17) is 10.8 Å². The molecule has 23 heavy (non-hydrogen) atoms. The van der Waals surface area contributed by atoms with Gasteiger partial charge in [-0.05, 0) is 0 Å². The maximum absolute atomic E-state index is 12.1. The molecule has 0 bridgehead atoms. The average molecular weight is 637 g/mol. The first-order valence-electron chi connectivity index (χ1n) is 6.64. The topological polar surface area (TPSA) is 71.1 Å². The van der Waals surface area contributed by atoms with Gasteiger partial charge in [0.2, 0.25) is 0 Å². The first-order valence-corrected chi connectivity index (χ1v) is 18.3. The Balaban J connectivity index is 2.62. The van der Waals surface area contributed by atoms with Crippen molar-refractivity contribution in [1.82, 2.24) is 0 Å². The molecule has 0 spiro atoms. The minimum atomic E-state index is -4.57. The van der Waals surface area contributed by atoms with Gasteiger partial charge in [0.15, 0.2) is 0 Å². The van der Waals surface area contributed by atoms with Gasteiger partial charge in [0.1, 0.15) is 0 Å². The van der Waals surface area contributed by atoms with Crippen molar-refractivity contribution in [2.45, 2.75) is 0 Å². The van der Waals surface area contributed by atoms with Gasteiger partial charge in [-0.2, -0.15) is 0 Å². The van der Waals surface area contributed by atoms with E-state index in [0.29, 0.717) is 0 Å². The molecule has 0 aliphatic rings. The van der Waals surface area contributed by atoms with Gasteiger partial charge in [-0.3, -0.25) is 0 Å². The molecule has 0 aliphatic heterocycles. The Labute approximate surface area is 151 Å². The molecule has 2 aromatic carbocycles. The van der Waals surface area contributed by atoms with E-state index in [1.807, 2.05) is 60.7 Å². The minimum absolute atomic E-state index is 0.769. The molecule has 2 rings (SSSR count). The second kappa shape index (κ2) is 9.41. The quantitative estimate of drug-likeness (QED) is 0.391. The first-order chi connectivity index (χ1) is 11.1. The Hall–Kier alpha value is -0.0810. The second-order valence-electron chi connectivity index (χ2n) is 4.34. The fraction of sp³-hybridized carbons (Fsp3) is 0.143. The molecule has 9 heteroatoms. The molecule has 0 saturated heterocycles. The Morgan fingerprint density at radius 3 is 1.35 bits per heavy atom. The van der Waals surface area contributed by atoms with Crippen molar-refractivity contribution in [2.75, 3.05) is 14.2 Å². The zero-order valence-electron chi connectivity index (χ0n) is 12.6. The maximum atomic E-state index is 12.1. The molecule has 0 fully saturated rings. The molecule has 0 amide bonds. The summed E-state index contributed by atoms with van der Waals surface area (Å²) in [7, 11) is 2.65. The van der Waals surface area contributed by atoms with Crippen LogP contribution in [-0.4, -0.2) is 66.8 Å². The van der Waals surface area contributed by atoms with Crippen LogP contribution in [-0.2, 0) is 18.3 Å². The van der Waals surface area contributed by atoms with Gasteiger partial charge in [-0.15, -0.1) is 0 Å². The van der Waals surface area contributed by atoms with Crippen LogP contribution < -0.4 is 6.25 Å². The number of hydrogen-bond acceptors (Lipinski definition) is 6. The summed E-state index contributed by atoms with van der Waals surface area (Å²) in [6.45, 7) is 0. The Morgan fingerprint density at radius 1 is 0.696 bits per heavy atom. The molecule has 122 valence electrons. The van der Waals surface area contributed by atoms with Crippen LogP contribution in [0.3, 0.4) is 0 Å². The molecule has 6 nitrogen and oxygen atoms in total. The number of hydrogen-bond donors (Lipinski definition) is 0. The summed E-state index contributed by atoms with van der Waals surface area (Å²) >= 11 is -11.0. The molecular formula is C14H16As2O6Pb. The molecule has 0 saturated carbocycles. The molecule has 2 unspecified atom stereocenters. The number of rotatable bonds is 8. The third-order valence-electron chi connectivity index (χ3n) is 3.01. The molecule has 0 N–H and O–H groups in total. The number of benzene rings is 2. The fourth-order valence-electron chi connectivity index (χ4n) is 1.99. The summed E-state index contributed by atoms with van der Waals surface area (Å²) in [5.41, 5.74) is 0. The van der Waals surface area contributed by atoms with E-state index in [1.165, 1.54) is 14.2 Å². The second-order valence-corrected chi connectivity index (χ2v) is 25.2. The Morgan fingerprint density at radius 2 is 1.04 bits per heavy atom. The third kappa shape index (κ3) is 4.95. The van der Waals surface area contributed by atoms with Crippen LogP contribution in [0, 0.1) is 0 Å². The van der Waals surface area contributed by atoms with Gasteiger partial charge in [0.05, 0.1) is 0 Å². The van der Waals surface area contributed by atoms with Gasteiger partial charge in [0, 0.05) is 0 Å². The monoisotopic (exact) mass is 638 g/mol. The summed E-state index contributed by atoms with van der Waals surface area (Å²) in [5, 5.41) is 0. The normalized spacial score (nSPS) is 12.8. The van der Waals surface area contributed by atoms with Crippen LogP contribution in [0.4, 0.5) is 0 Å². The van der Waals surface area contributed by atoms with Crippen LogP contribution in [0.1, 0.15) is 0 Å². The molecule has 0 aliphatic carbocycles. The zero-order valence-corrected chi connectivity index (χ0v) is 20.3. The predicted molar refractivity (Wildman–Crippen MR) is 87.0 cm³/mol. The standard InChI is InChI=1S/2C6H5.2CH3AsO3.Pb/c2*1-2-4-6-5-3-1;2*1-5-2(3)4;/h2*1-5H;2*1H3;/q;;2*-1;+2. The summed E-state index contributed by atoms with van der Waals surface area (Å²) < 4.78 is 47.2. The van der Waals surface area contributed by atoms with Crippen molar-refractivity contribution in [1.29, 1.82) is 0 Å². The van der Waals surface area contributed by atoms with Gasteiger partial charge >= 0.3 is 152 Å². The molecule has 0 heterocycles. The van der Waals surface area contributed by atoms with Crippen LogP contribution in [0.25, 0.3) is 0 Å². The van der Waals surface area contributed by atoms with Crippen molar-refractivity contribution >= 4 is 58.9 Å². The van der Waals surface area contributed by atoms with Crippen molar-refractivity contribution in [2.24, 2.45) is 0 Å². The van der Waals surface area contributed by atoms with E-state index in [1.54, 1.807) is 0 Å². The van der Waals surface area contributed by atoms with E-state index in [2.05, 4.69) is 0 Å². The summed E-state index contributed by atoms with van der Waals surface area (Å²) in [6.07, 6.45) is 0. The molecule has 2 radical (unpaired) electrons. The molecular weight excluding hydrogens is 621 g/mol. The van der Waals surface area contributed by atoms with E-state index in [0.717, 1.165) is 6.25 Å². The predicted octanol–water partition coefficient (Wildman–Crippen LogP) is 0.400. The van der Waals surface area contributed by atoms with E-state index in [-0.39, 0.29) is 0 Å². The van der Waals surface area contributed by atoms with Crippen LogP contribution in [0.15, 0.2) is 60.7 Å². The van der Waals surface area contributed by atoms with Gasteiger partial charge < -0.3 is 0 Å². The van der Waals surface area contributed by atoms with E-state index >= 15 is 0 Å². The summed E-state index contributed by atoms with van der Waals surface area (Å²) in [6, 6.07) is 18.4. The van der Waals surface area contributed by atoms with Crippen LogP contribution >= 0.6 is 0 Å². The van der Waals surface area contributed by atoms with Gasteiger partial charge in [-0.1, -0.05) is 0 Å². The van der Waals surface area contributed by atoms with Crippen molar-refractivity contribution in [3.8, 4) is 0 Å². The Kier molecular flexibility index (Phi) is 7.88. The van der Waals surface area contributed by atoms with Gasteiger partial charge in [0.25, 0.3) is 0 Å². The van der Waals surface area contributed by atoms with E-state index in [9.17, 15) is 7.48 Å². The third-order valence-corrected chi connectivity index (χ3v) is 30.9. The SMILES string of the molecule is CO[As](=O)[O][Pb]([O][As](=O)OC)([c]1ccccc1)[c]1ccccc1. The fourth-order valence-corrected chi connectivity index (χ4v) is 34.2. The first kappa shape index (κ1) is 19.2. The summed E-state index contributed by atoms with van der Waals surface area (Å²) in [4.78, 5) is 0. The molecule has 0 aromatic heterocycles. The summed E-state index contributed by atoms with van der Waals surface area (Å²) in [5.74, 6) is 0. The van der Waals surface area contributed by atoms with Gasteiger partial charge in [-0.25, -0.2) is 0 Å². The van der Waals surface area contributed by atoms with Crippen molar-refractivity contribution in [3.63, 3.8) is 0 Å². The molecule has 2 aromatic rings. The van der Waals surface area contributed by atoms with Crippen LogP contribution in [0.5, 0.6) is 0 Å². The average Bonchev–Trinajstić information content (AvgIpc) is 2.62. The van der Waals surface area contributed by atoms with Crippen LogP contribution in [0.2, 0.25) is 0 Å². The zero-order chi connectivity index (χ0) is 16.7.